The van der Waals surface area contributed by atoms with Crippen LogP contribution in [0.25, 0.3) is 5.69 Å². The Morgan fingerprint density at radius 3 is 2.44 bits per heavy atom. The second-order valence-electron chi connectivity index (χ2n) is 6.50. The van der Waals surface area contributed by atoms with Crippen molar-refractivity contribution in [3.63, 3.8) is 0 Å². The normalized spacial score (nSPS) is 13.0. The van der Waals surface area contributed by atoms with Crippen molar-refractivity contribution in [1.29, 1.82) is 5.26 Å². The number of rotatable bonds is 1. The number of aryl methyl sites for hydroxylation is 1. The Hall–Kier alpha value is -2.40. The van der Waals surface area contributed by atoms with Gasteiger partial charge in [-0.15, -0.1) is 11.3 Å². The fraction of sp³-hybridized carbons (Fsp3) is 0.353. The number of aromatic nitrogens is 1. The van der Waals surface area contributed by atoms with Gasteiger partial charge >= 0.3 is 6.18 Å². The minimum absolute atomic E-state index is 0.141. The van der Waals surface area contributed by atoms with E-state index in [-0.39, 0.29) is 17.2 Å². The molecular weight excluding hydrogens is 351 g/mol. The molecule has 1 aromatic heterocycles. The van der Waals surface area contributed by atoms with Crippen molar-refractivity contribution in [2.45, 2.75) is 33.9 Å². The molecule has 1 heterocycles. The Morgan fingerprint density at radius 2 is 1.92 bits per heavy atom. The molecule has 4 nitrogen and oxygen atoms in total. The van der Waals surface area contributed by atoms with Crippen molar-refractivity contribution in [2.24, 2.45) is 10.4 Å². The third-order valence-corrected chi connectivity index (χ3v) is 4.21. The SMILES string of the molecule is Cc1cn(-c2ccc(C(F)(F)F)cc2C#N)/c(=N/C(=O)C(C)(C)C)s1. The molecule has 0 atom stereocenters. The van der Waals surface area contributed by atoms with Crippen LogP contribution in [0.3, 0.4) is 0 Å². The van der Waals surface area contributed by atoms with E-state index in [2.05, 4.69) is 4.99 Å². The van der Waals surface area contributed by atoms with Crippen LogP contribution in [0.4, 0.5) is 13.2 Å². The highest BCUT2D eigenvalue weighted by atomic mass is 32.1. The van der Waals surface area contributed by atoms with Crippen LogP contribution in [0.1, 0.15) is 36.8 Å². The zero-order chi connectivity index (χ0) is 19.0. The summed E-state index contributed by atoms with van der Waals surface area (Å²) < 4.78 is 40.0. The summed E-state index contributed by atoms with van der Waals surface area (Å²) in [7, 11) is 0. The van der Waals surface area contributed by atoms with Gasteiger partial charge < -0.3 is 0 Å². The molecule has 0 saturated heterocycles. The maximum Gasteiger partial charge on any atom is 0.416 e. The van der Waals surface area contributed by atoms with Gasteiger partial charge in [-0.1, -0.05) is 20.8 Å². The lowest BCUT2D eigenvalue weighted by molar-refractivity contribution is -0.137. The lowest BCUT2D eigenvalue weighted by Crippen LogP contribution is -2.23. The number of hydrogen-bond donors (Lipinski definition) is 0. The second-order valence-corrected chi connectivity index (χ2v) is 7.72. The molecule has 2 aromatic rings. The van der Waals surface area contributed by atoms with E-state index in [1.165, 1.54) is 22.0 Å². The minimum atomic E-state index is -4.53. The maximum atomic E-state index is 12.8. The van der Waals surface area contributed by atoms with Crippen LogP contribution in [0.2, 0.25) is 0 Å². The monoisotopic (exact) mass is 367 g/mol. The minimum Gasteiger partial charge on any atom is -0.291 e. The van der Waals surface area contributed by atoms with E-state index < -0.39 is 17.2 Å². The van der Waals surface area contributed by atoms with E-state index in [1.807, 2.05) is 0 Å². The predicted octanol–water partition coefficient (Wildman–Crippen LogP) is 4.21. The summed E-state index contributed by atoms with van der Waals surface area (Å²) in [6.45, 7) is 6.96. The van der Waals surface area contributed by atoms with Crippen molar-refractivity contribution in [3.8, 4) is 11.8 Å². The average molecular weight is 367 g/mol. The van der Waals surface area contributed by atoms with Gasteiger partial charge in [-0.05, 0) is 25.1 Å². The van der Waals surface area contributed by atoms with E-state index in [0.29, 0.717) is 4.80 Å². The Balaban J connectivity index is 2.67. The number of carbonyl (C=O) groups is 1. The van der Waals surface area contributed by atoms with E-state index >= 15 is 0 Å². The van der Waals surface area contributed by atoms with Crippen molar-refractivity contribution in [2.75, 3.05) is 0 Å². The summed E-state index contributed by atoms with van der Waals surface area (Å²) in [5.74, 6) is -0.353. The average Bonchev–Trinajstić information content (AvgIpc) is 2.85. The van der Waals surface area contributed by atoms with Crippen molar-refractivity contribution in [3.05, 3.63) is 45.2 Å². The van der Waals surface area contributed by atoms with Crippen molar-refractivity contribution >= 4 is 17.2 Å². The van der Waals surface area contributed by atoms with Crippen LogP contribution >= 0.6 is 11.3 Å². The molecule has 1 amide bonds. The Kier molecular flexibility index (Phi) is 4.91. The first-order valence-electron chi connectivity index (χ1n) is 7.33. The molecule has 1 aromatic carbocycles. The maximum absolute atomic E-state index is 12.8. The number of nitriles is 1. The van der Waals surface area contributed by atoms with Crippen LogP contribution < -0.4 is 4.80 Å². The van der Waals surface area contributed by atoms with E-state index in [0.717, 1.165) is 17.0 Å². The van der Waals surface area contributed by atoms with Crippen molar-refractivity contribution in [1.82, 2.24) is 4.57 Å². The molecule has 0 unspecified atom stereocenters. The zero-order valence-corrected chi connectivity index (χ0v) is 14.9. The molecule has 0 aliphatic heterocycles. The van der Waals surface area contributed by atoms with E-state index in [4.69, 9.17) is 0 Å². The molecule has 0 aliphatic rings. The highest BCUT2D eigenvalue weighted by molar-refractivity contribution is 7.09. The molecule has 25 heavy (non-hydrogen) atoms. The quantitative estimate of drug-likeness (QED) is 0.758. The molecule has 0 aliphatic carbocycles. The number of benzene rings is 1. The number of carbonyl (C=O) groups excluding carboxylic acids is 1. The zero-order valence-electron chi connectivity index (χ0n) is 14.1. The number of thiazole rings is 1. The van der Waals surface area contributed by atoms with E-state index in [1.54, 1.807) is 40.0 Å². The summed E-state index contributed by atoms with van der Waals surface area (Å²) in [6.07, 6.45) is -2.89. The first-order chi connectivity index (χ1) is 11.4. The summed E-state index contributed by atoms with van der Waals surface area (Å²) >= 11 is 1.23. The van der Waals surface area contributed by atoms with Gasteiger partial charge in [0.1, 0.15) is 6.07 Å². The summed E-state index contributed by atoms with van der Waals surface area (Å²) in [4.78, 5) is 17.4. The predicted molar refractivity (Wildman–Crippen MR) is 88.1 cm³/mol. The smallest absolute Gasteiger partial charge is 0.291 e. The number of amides is 1. The molecule has 8 heteroatoms. The molecule has 2 rings (SSSR count). The molecule has 132 valence electrons. The third kappa shape index (κ3) is 4.17. The molecule has 0 N–H and O–H groups in total. The molecule has 0 radical (unpaired) electrons. The molecule has 0 spiro atoms. The lowest BCUT2D eigenvalue weighted by atomic mass is 9.96. The number of halogens is 3. The topological polar surface area (TPSA) is 58.1 Å². The molecule has 0 saturated carbocycles. The highest BCUT2D eigenvalue weighted by Gasteiger charge is 2.31. The van der Waals surface area contributed by atoms with Crippen molar-refractivity contribution < 1.29 is 18.0 Å². The Morgan fingerprint density at radius 1 is 1.28 bits per heavy atom. The van der Waals surface area contributed by atoms with Gasteiger partial charge in [-0.3, -0.25) is 9.36 Å². The first-order valence-corrected chi connectivity index (χ1v) is 8.15. The van der Waals surface area contributed by atoms with Crippen LogP contribution in [-0.2, 0) is 11.0 Å². The number of nitrogens with zero attached hydrogens (tertiary/aromatic N) is 3. The fourth-order valence-corrected chi connectivity index (χ4v) is 2.80. The number of alkyl halides is 3. The van der Waals surface area contributed by atoms with Gasteiger partial charge in [-0.25, -0.2) is 0 Å². The largest absolute Gasteiger partial charge is 0.416 e. The third-order valence-electron chi connectivity index (χ3n) is 3.31. The Bertz CT molecular complexity index is 924. The summed E-state index contributed by atoms with van der Waals surface area (Å²) in [5, 5.41) is 9.25. The fourth-order valence-electron chi connectivity index (χ4n) is 1.97. The number of hydrogen-bond acceptors (Lipinski definition) is 3. The standard InChI is InChI=1S/C17H16F3N3OS/c1-10-9-23(15(25-10)22-14(24)16(2,3)4)13-6-5-12(17(18,19)20)7-11(13)8-21/h5-7,9H,1-4H3/b22-15-. The molecule has 0 fully saturated rings. The molecular formula is C17H16F3N3OS. The van der Waals surface area contributed by atoms with Crippen LogP contribution in [0.15, 0.2) is 29.4 Å². The second kappa shape index (κ2) is 6.48. The summed E-state index contributed by atoms with van der Waals surface area (Å²) in [6, 6.07) is 4.70. The van der Waals surface area contributed by atoms with Gasteiger partial charge in [0, 0.05) is 16.5 Å². The lowest BCUT2D eigenvalue weighted by Gasteiger charge is -2.13. The first kappa shape index (κ1) is 18.9. The Labute approximate surface area is 146 Å². The van der Waals surface area contributed by atoms with Crippen LogP contribution in [-0.4, -0.2) is 10.5 Å². The summed E-state index contributed by atoms with van der Waals surface area (Å²) in [5.41, 5.74) is -1.48. The molecule has 0 bridgehead atoms. The van der Waals surface area contributed by atoms with Gasteiger partial charge in [0.25, 0.3) is 5.91 Å². The van der Waals surface area contributed by atoms with Crippen LogP contribution in [0, 0.1) is 23.7 Å². The van der Waals surface area contributed by atoms with Gasteiger partial charge in [0.2, 0.25) is 0 Å². The van der Waals surface area contributed by atoms with Gasteiger partial charge in [0.15, 0.2) is 4.80 Å². The van der Waals surface area contributed by atoms with Crippen LogP contribution in [0.5, 0.6) is 0 Å². The van der Waals surface area contributed by atoms with Gasteiger partial charge in [-0.2, -0.15) is 23.4 Å². The van der Waals surface area contributed by atoms with Gasteiger partial charge in [0.05, 0.1) is 16.8 Å². The highest BCUT2D eigenvalue weighted by Crippen LogP contribution is 2.31. The van der Waals surface area contributed by atoms with E-state index in [9.17, 15) is 23.2 Å².